The molecule has 1 aromatic carbocycles. The van der Waals surface area contributed by atoms with E-state index in [0.29, 0.717) is 23.0 Å². The number of aromatic nitrogens is 3. The topological polar surface area (TPSA) is 103 Å². The summed E-state index contributed by atoms with van der Waals surface area (Å²) in [5, 5.41) is 14.3. The van der Waals surface area contributed by atoms with Gasteiger partial charge in [-0.1, -0.05) is 26.8 Å². The summed E-state index contributed by atoms with van der Waals surface area (Å²) < 4.78 is 32.8. The van der Waals surface area contributed by atoms with Gasteiger partial charge in [0, 0.05) is 30.9 Å². The zero-order valence-corrected chi connectivity index (χ0v) is 20.5. The molecular weight excluding hydrogens is 454 g/mol. The molecule has 0 bridgehead atoms. The van der Waals surface area contributed by atoms with Gasteiger partial charge >= 0.3 is 0 Å². The third kappa shape index (κ3) is 5.19. The minimum absolute atomic E-state index is 0.0495. The minimum atomic E-state index is -2.52. The lowest BCUT2D eigenvalue weighted by molar-refractivity contribution is 0.108. The summed E-state index contributed by atoms with van der Waals surface area (Å²) in [4.78, 5) is 7.10. The molecule has 9 nitrogen and oxygen atoms in total. The Hall–Kier alpha value is -3.34. The Balaban J connectivity index is 1.67. The fourth-order valence-corrected chi connectivity index (χ4v) is 4.72. The number of rotatable bonds is 9. The molecule has 188 valence electrons. The van der Waals surface area contributed by atoms with E-state index in [2.05, 4.69) is 51.5 Å². The number of benzene rings is 1. The second-order valence-corrected chi connectivity index (χ2v) is 9.43. The number of nitrogens with one attached hydrogen (secondary N) is 3. The summed E-state index contributed by atoms with van der Waals surface area (Å²) in [7, 11) is 1.56. The number of halogens is 2. The predicted octanol–water partition coefficient (Wildman–Crippen LogP) is 5.28. The van der Waals surface area contributed by atoms with E-state index in [9.17, 15) is 8.78 Å². The van der Waals surface area contributed by atoms with Crippen molar-refractivity contribution in [1.29, 1.82) is 5.53 Å². The number of nitrogens with zero attached hydrogens (tertiary/aromatic N) is 5. The Bertz CT molecular complexity index is 1200. The molecule has 2 aromatic heterocycles. The van der Waals surface area contributed by atoms with E-state index in [1.165, 1.54) is 0 Å². The third-order valence-electron chi connectivity index (χ3n) is 6.61. The van der Waals surface area contributed by atoms with Crippen LogP contribution in [0.5, 0.6) is 5.88 Å². The molecule has 11 heteroatoms. The Kier molecular flexibility index (Phi) is 7.15. The monoisotopic (exact) mass is 486 g/mol. The van der Waals surface area contributed by atoms with Gasteiger partial charge in [0.25, 0.3) is 6.43 Å². The van der Waals surface area contributed by atoms with Crippen LogP contribution in [0, 0.1) is 10.9 Å². The van der Waals surface area contributed by atoms with Crippen LogP contribution in [0.25, 0.3) is 16.6 Å². The van der Waals surface area contributed by atoms with Crippen LogP contribution in [-0.4, -0.2) is 65.3 Å². The summed E-state index contributed by atoms with van der Waals surface area (Å²) in [6.45, 7) is 9.21. The number of hydrogen-bond donors (Lipinski definition) is 3. The van der Waals surface area contributed by atoms with Crippen LogP contribution in [0.2, 0.25) is 0 Å². The summed E-state index contributed by atoms with van der Waals surface area (Å²) in [5.41, 5.74) is 10.2. The highest BCUT2D eigenvalue weighted by molar-refractivity contribution is 5.87. The maximum Gasteiger partial charge on any atom is 0.255 e. The van der Waals surface area contributed by atoms with Gasteiger partial charge in [-0.2, -0.15) is 10.1 Å². The van der Waals surface area contributed by atoms with E-state index < -0.39 is 13.0 Å². The first-order valence-electron chi connectivity index (χ1n) is 11.7. The number of ether oxygens (including phenoxy) is 1. The molecule has 1 fully saturated rings. The van der Waals surface area contributed by atoms with Crippen LogP contribution < -0.4 is 15.4 Å². The molecule has 0 radical (unpaired) electrons. The van der Waals surface area contributed by atoms with Crippen molar-refractivity contribution in [2.45, 2.75) is 39.7 Å². The first-order valence-corrected chi connectivity index (χ1v) is 11.7. The molecule has 35 heavy (non-hydrogen) atoms. The van der Waals surface area contributed by atoms with Gasteiger partial charge < -0.3 is 20.3 Å². The molecule has 4 rings (SSSR count). The van der Waals surface area contributed by atoms with Crippen LogP contribution in [0.4, 0.5) is 26.1 Å². The van der Waals surface area contributed by atoms with Gasteiger partial charge in [0.2, 0.25) is 11.8 Å². The highest BCUT2D eigenvalue weighted by Crippen LogP contribution is 2.37. The molecule has 3 heterocycles. The molecule has 3 aromatic rings. The lowest BCUT2D eigenvalue weighted by atomic mass is 9.79. The van der Waals surface area contributed by atoms with Crippen molar-refractivity contribution in [2.75, 3.05) is 43.9 Å². The molecule has 3 N–H and O–H groups in total. The molecule has 1 atom stereocenters. The molecule has 1 aliphatic rings. The predicted molar refractivity (Wildman–Crippen MR) is 132 cm³/mol. The van der Waals surface area contributed by atoms with Crippen LogP contribution in [-0.2, 0) is 0 Å². The summed E-state index contributed by atoms with van der Waals surface area (Å²) >= 11 is 0. The van der Waals surface area contributed by atoms with Crippen molar-refractivity contribution in [3.05, 3.63) is 30.5 Å². The number of methoxy groups -OCH3 is 1. The molecule has 1 saturated heterocycles. The summed E-state index contributed by atoms with van der Waals surface area (Å²) in [5.74, 6) is 0.893. The highest BCUT2D eigenvalue weighted by Gasteiger charge is 2.36. The first kappa shape index (κ1) is 24.8. The Morgan fingerprint density at radius 3 is 2.77 bits per heavy atom. The van der Waals surface area contributed by atoms with E-state index in [4.69, 9.17) is 10.3 Å². The highest BCUT2D eigenvalue weighted by atomic mass is 19.3. The molecule has 0 amide bonds. The van der Waals surface area contributed by atoms with Crippen LogP contribution in [0.3, 0.4) is 0 Å². The van der Waals surface area contributed by atoms with E-state index in [1.54, 1.807) is 29.8 Å². The minimum Gasteiger partial charge on any atom is -0.479 e. The lowest BCUT2D eigenvalue weighted by Gasteiger charge is -2.44. The zero-order chi connectivity index (χ0) is 25.2. The van der Waals surface area contributed by atoms with E-state index in [1.807, 2.05) is 12.3 Å². The van der Waals surface area contributed by atoms with Crippen molar-refractivity contribution in [3.8, 4) is 17.0 Å². The second-order valence-electron chi connectivity index (χ2n) is 9.43. The molecular formula is C24H32F2N8O. The molecule has 0 unspecified atom stereocenters. The smallest absolute Gasteiger partial charge is 0.255 e. The van der Waals surface area contributed by atoms with Crippen LogP contribution in [0.1, 0.15) is 27.2 Å². The van der Waals surface area contributed by atoms with Gasteiger partial charge in [0.1, 0.15) is 11.2 Å². The Morgan fingerprint density at radius 2 is 2.11 bits per heavy atom. The Labute approximate surface area is 203 Å². The van der Waals surface area contributed by atoms with E-state index >= 15 is 0 Å². The Morgan fingerprint density at radius 1 is 1.31 bits per heavy atom. The molecule has 0 spiro atoms. The fraction of sp³-hybridized carbons (Fsp3) is 0.500. The summed E-state index contributed by atoms with van der Waals surface area (Å²) in [6.07, 6.45) is 0.287. The van der Waals surface area contributed by atoms with Gasteiger partial charge in [-0.3, -0.25) is 0 Å². The van der Waals surface area contributed by atoms with Crippen molar-refractivity contribution in [2.24, 2.45) is 10.5 Å². The standard InChI is InChI=1S/C24H32F2N8O/c1-5-33-10-9-19(24(2,3)14-33)29-23-30-22(35-4)21-16(8-11-34(21)32-23)15-6-7-17(31-27)18(12-15)28-13-20(25)26/h6-8,11-12,19-20,27-28H,5,9-10,13-14H2,1-4H3,(H,29,32)/t19-/m0/s1. The fourth-order valence-electron chi connectivity index (χ4n) is 4.72. The molecule has 0 aliphatic carbocycles. The number of anilines is 2. The third-order valence-corrected chi connectivity index (χ3v) is 6.61. The number of piperidine rings is 1. The van der Waals surface area contributed by atoms with Crippen molar-refractivity contribution >= 4 is 22.8 Å². The number of likely N-dealkylation sites (tertiary alicyclic amines) is 1. The normalized spacial score (nSPS) is 18.1. The second kappa shape index (κ2) is 10.1. The molecule has 1 aliphatic heterocycles. The van der Waals surface area contributed by atoms with Crippen LogP contribution >= 0.6 is 0 Å². The first-order chi connectivity index (χ1) is 16.7. The summed E-state index contributed by atoms with van der Waals surface area (Å²) in [6, 6.07) is 7.19. The maximum absolute atomic E-state index is 12.7. The van der Waals surface area contributed by atoms with Gasteiger partial charge in [-0.15, -0.1) is 5.10 Å². The average Bonchev–Trinajstić information content (AvgIpc) is 3.27. The zero-order valence-electron chi connectivity index (χ0n) is 20.5. The van der Waals surface area contributed by atoms with Crippen molar-refractivity contribution in [1.82, 2.24) is 19.5 Å². The molecule has 0 saturated carbocycles. The quantitative estimate of drug-likeness (QED) is 0.356. The number of fused-ring (bicyclic) bond motifs is 1. The van der Waals surface area contributed by atoms with E-state index in [-0.39, 0.29) is 17.1 Å². The average molecular weight is 487 g/mol. The SMILES string of the molecule is CCN1CC[C@H](Nc2nc(OC)c3c(-c4ccc(N=N)c(NCC(F)F)c4)ccn3n2)C(C)(C)C1. The number of hydrogen-bond acceptors (Lipinski definition) is 8. The largest absolute Gasteiger partial charge is 0.479 e. The van der Waals surface area contributed by atoms with Crippen molar-refractivity contribution in [3.63, 3.8) is 0 Å². The van der Waals surface area contributed by atoms with Gasteiger partial charge in [0.05, 0.1) is 19.3 Å². The van der Waals surface area contributed by atoms with E-state index in [0.717, 1.165) is 37.2 Å². The maximum atomic E-state index is 12.7. The van der Waals surface area contributed by atoms with Gasteiger partial charge in [-0.05, 0) is 42.1 Å². The number of alkyl halides is 2. The van der Waals surface area contributed by atoms with Gasteiger partial charge in [0.15, 0.2) is 0 Å². The van der Waals surface area contributed by atoms with Crippen LogP contribution in [0.15, 0.2) is 35.6 Å². The van der Waals surface area contributed by atoms with Gasteiger partial charge in [-0.25, -0.2) is 18.8 Å². The van der Waals surface area contributed by atoms with Crippen molar-refractivity contribution < 1.29 is 13.5 Å². The lowest BCUT2D eigenvalue weighted by Crippen LogP contribution is -2.51.